The lowest BCUT2D eigenvalue weighted by atomic mass is 10.0. The number of aryl methyl sites for hydroxylation is 2. The molecule has 0 saturated heterocycles. The monoisotopic (exact) mass is 361 g/mol. The standard InChI is InChI=1S/C21H19N3O3/c1-14-21(16-7-8-17-19(11-16)23-13-22-17)18(24-27-14)9-10-20(25)26-12-15-5-3-2-4-6-15/h2-8,11,13H,9-10,12H2,1H3,(H,22,23). The molecule has 2 heterocycles. The number of aromatic amines is 1. The number of aromatic nitrogens is 3. The molecule has 0 saturated carbocycles. The van der Waals surface area contributed by atoms with Gasteiger partial charge in [-0.3, -0.25) is 4.79 Å². The van der Waals surface area contributed by atoms with Crippen molar-refractivity contribution < 1.29 is 14.1 Å². The van der Waals surface area contributed by atoms with E-state index in [1.54, 1.807) is 6.33 Å². The summed E-state index contributed by atoms with van der Waals surface area (Å²) in [5.41, 5.74) is 5.47. The molecule has 0 aliphatic rings. The minimum atomic E-state index is -0.255. The molecule has 0 aliphatic carbocycles. The van der Waals surface area contributed by atoms with Crippen molar-refractivity contribution in [3.63, 3.8) is 0 Å². The second-order valence-electron chi connectivity index (χ2n) is 6.34. The Hall–Kier alpha value is -3.41. The summed E-state index contributed by atoms with van der Waals surface area (Å²) in [7, 11) is 0. The third kappa shape index (κ3) is 3.74. The summed E-state index contributed by atoms with van der Waals surface area (Å²) in [6.45, 7) is 2.15. The van der Waals surface area contributed by atoms with Crippen LogP contribution in [0.4, 0.5) is 0 Å². The first kappa shape index (κ1) is 17.0. The van der Waals surface area contributed by atoms with Gasteiger partial charge in [-0.05, 0) is 30.2 Å². The Morgan fingerprint density at radius 3 is 2.89 bits per heavy atom. The van der Waals surface area contributed by atoms with Crippen molar-refractivity contribution in [3.8, 4) is 11.1 Å². The van der Waals surface area contributed by atoms with Crippen molar-refractivity contribution in [1.29, 1.82) is 0 Å². The van der Waals surface area contributed by atoms with E-state index in [1.807, 2.05) is 55.5 Å². The molecule has 6 nitrogen and oxygen atoms in total. The first-order valence-electron chi connectivity index (χ1n) is 8.79. The molecule has 0 amide bonds. The first-order chi connectivity index (χ1) is 13.2. The van der Waals surface area contributed by atoms with Gasteiger partial charge in [0, 0.05) is 12.0 Å². The van der Waals surface area contributed by atoms with Crippen LogP contribution in [0.15, 0.2) is 59.4 Å². The van der Waals surface area contributed by atoms with Crippen LogP contribution in [0.25, 0.3) is 22.2 Å². The summed E-state index contributed by atoms with van der Waals surface area (Å²) >= 11 is 0. The van der Waals surface area contributed by atoms with Gasteiger partial charge in [0.25, 0.3) is 0 Å². The smallest absolute Gasteiger partial charge is 0.306 e. The van der Waals surface area contributed by atoms with Gasteiger partial charge in [0.2, 0.25) is 0 Å². The van der Waals surface area contributed by atoms with E-state index in [0.29, 0.717) is 6.42 Å². The lowest BCUT2D eigenvalue weighted by Gasteiger charge is -2.05. The highest BCUT2D eigenvalue weighted by atomic mass is 16.5. The largest absolute Gasteiger partial charge is 0.461 e. The first-order valence-corrected chi connectivity index (χ1v) is 8.79. The number of carbonyl (C=O) groups excluding carboxylic acids is 1. The van der Waals surface area contributed by atoms with Crippen LogP contribution in [0.2, 0.25) is 0 Å². The van der Waals surface area contributed by atoms with Gasteiger partial charge in [0.1, 0.15) is 12.4 Å². The zero-order chi connectivity index (χ0) is 18.6. The summed E-state index contributed by atoms with van der Waals surface area (Å²) in [5.74, 6) is 0.469. The zero-order valence-corrected chi connectivity index (χ0v) is 14.9. The number of esters is 1. The summed E-state index contributed by atoms with van der Waals surface area (Å²) < 4.78 is 10.7. The maximum Gasteiger partial charge on any atom is 0.306 e. The highest BCUT2D eigenvalue weighted by Crippen LogP contribution is 2.30. The van der Waals surface area contributed by atoms with E-state index in [0.717, 1.165) is 39.2 Å². The number of fused-ring (bicyclic) bond motifs is 1. The van der Waals surface area contributed by atoms with E-state index < -0.39 is 0 Å². The molecule has 0 radical (unpaired) electrons. The number of H-pyrrole nitrogens is 1. The topological polar surface area (TPSA) is 81.0 Å². The summed E-state index contributed by atoms with van der Waals surface area (Å²) in [4.78, 5) is 19.4. The number of rotatable bonds is 6. The van der Waals surface area contributed by atoms with Crippen molar-refractivity contribution in [1.82, 2.24) is 15.1 Å². The van der Waals surface area contributed by atoms with Gasteiger partial charge >= 0.3 is 5.97 Å². The van der Waals surface area contributed by atoms with Crippen LogP contribution < -0.4 is 0 Å². The van der Waals surface area contributed by atoms with Crippen molar-refractivity contribution in [2.75, 3.05) is 0 Å². The molecule has 0 bridgehead atoms. The maximum absolute atomic E-state index is 12.1. The second kappa shape index (κ2) is 7.45. The predicted molar refractivity (Wildman–Crippen MR) is 101 cm³/mol. The number of imidazole rings is 1. The van der Waals surface area contributed by atoms with Crippen LogP contribution in [-0.4, -0.2) is 21.1 Å². The molecule has 0 aliphatic heterocycles. The lowest BCUT2D eigenvalue weighted by molar-refractivity contribution is -0.144. The molecular formula is C21H19N3O3. The molecule has 0 unspecified atom stereocenters. The minimum absolute atomic E-state index is 0.248. The third-order valence-electron chi connectivity index (χ3n) is 4.45. The quantitative estimate of drug-likeness (QED) is 0.521. The average Bonchev–Trinajstić information content (AvgIpc) is 3.31. The average molecular weight is 361 g/mol. The van der Waals surface area contributed by atoms with Gasteiger partial charge in [-0.25, -0.2) is 4.98 Å². The van der Waals surface area contributed by atoms with Crippen LogP contribution in [0.5, 0.6) is 0 Å². The molecule has 0 atom stereocenters. The molecule has 2 aromatic heterocycles. The Morgan fingerprint density at radius 2 is 2.04 bits per heavy atom. The number of hydrogen-bond donors (Lipinski definition) is 1. The molecule has 4 aromatic rings. The van der Waals surface area contributed by atoms with Crippen LogP contribution in [-0.2, 0) is 22.6 Å². The Balaban J connectivity index is 1.44. The van der Waals surface area contributed by atoms with E-state index in [-0.39, 0.29) is 19.0 Å². The normalized spacial score (nSPS) is 11.0. The van der Waals surface area contributed by atoms with E-state index in [1.165, 1.54) is 0 Å². The van der Waals surface area contributed by atoms with Gasteiger partial charge in [-0.1, -0.05) is 41.6 Å². The number of ether oxygens (including phenoxy) is 1. The number of carbonyl (C=O) groups is 1. The third-order valence-corrected chi connectivity index (χ3v) is 4.45. The maximum atomic E-state index is 12.1. The zero-order valence-electron chi connectivity index (χ0n) is 14.9. The lowest BCUT2D eigenvalue weighted by Crippen LogP contribution is -2.06. The summed E-state index contributed by atoms with van der Waals surface area (Å²) in [5, 5.41) is 4.14. The molecule has 136 valence electrons. The predicted octanol–water partition coefficient (Wildman–Crippen LogP) is 4.20. The molecule has 0 fully saturated rings. The van der Waals surface area contributed by atoms with Crippen LogP contribution in [0, 0.1) is 6.92 Å². The molecule has 0 spiro atoms. The van der Waals surface area contributed by atoms with Crippen molar-refractivity contribution in [2.24, 2.45) is 0 Å². The van der Waals surface area contributed by atoms with E-state index in [9.17, 15) is 4.79 Å². The van der Waals surface area contributed by atoms with Gasteiger partial charge < -0.3 is 14.2 Å². The van der Waals surface area contributed by atoms with Crippen molar-refractivity contribution in [2.45, 2.75) is 26.4 Å². The van der Waals surface area contributed by atoms with Crippen molar-refractivity contribution in [3.05, 3.63) is 71.9 Å². The molecule has 1 N–H and O–H groups in total. The van der Waals surface area contributed by atoms with E-state index in [4.69, 9.17) is 9.26 Å². The highest BCUT2D eigenvalue weighted by molar-refractivity contribution is 5.82. The molecular weight excluding hydrogens is 342 g/mol. The second-order valence-corrected chi connectivity index (χ2v) is 6.34. The number of hydrogen-bond acceptors (Lipinski definition) is 5. The SMILES string of the molecule is Cc1onc(CCC(=O)OCc2ccccc2)c1-c1ccc2nc[nH]c2c1. The van der Waals surface area contributed by atoms with Gasteiger partial charge in [0.15, 0.2) is 0 Å². The van der Waals surface area contributed by atoms with Crippen molar-refractivity contribution >= 4 is 17.0 Å². The van der Waals surface area contributed by atoms with Gasteiger partial charge in [0.05, 0.1) is 29.5 Å². The van der Waals surface area contributed by atoms with E-state index in [2.05, 4.69) is 15.1 Å². The summed E-state index contributed by atoms with van der Waals surface area (Å²) in [6, 6.07) is 15.6. The summed E-state index contributed by atoms with van der Waals surface area (Å²) in [6.07, 6.45) is 2.37. The van der Waals surface area contributed by atoms with Crippen LogP contribution >= 0.6 is 0 Å². The minimum Gasteiger partial charge on any atom is -0.461 e. The Kier molecular flexibility index (Phi) is 4.70. The molecule has 6 heteroatoms. The van der Waals surface area contributed by atoms with Crippen LogP contribution in [0.1, 0.15) is 23.4 Å². The molecule has 2 aromatic carbocycles. The Morgan fingerprint density at radius 1 is 1.19 bits per heavy atom. The fourth-order valence-corrected chi connectivity index (χ4v) is 3.08. The number of nitrogens with zero attached hydrogens (tertiary/aromatic N) is 2. The highest BCUT2D eigenvalue weighted by Gasteiger charge is 2.17. The van der Waals surface area contributed by atoms with E-state index >= 15 is 0 Å². The fourth-order valence-electron chi connectivity index (χ4n) is 3.08. The van der Waals surface area contributed by atoms with Gasteiger partial charge in [-0.15, -0.1) is 0 Å². The Labute approximate surface area is 156 Å². The molecule has 27 heavy (non-hydrogen) atoms. The van der Waals surface area contributed by atoms with Crippen LogP contribution in [0.3, 0.4) is 0 Å². The number of benzene rings is 2. The molecule has 4 rings (SSSR count). The number of nitrogens with one attached hydrogen (secondary N) is 1. The van der Waals surface area contributed by atoms with Gasteiger partial charge in [-0.2, -0.15) is 0 Å². The fraction of sp³-hybridized carbons (Fsp3) is 0.190. The Bertz CT molecular complexity index is 1070.